The van der Waals surface area contributed by atoms with Gasteiger partial charge in [0.2, 0.25) is 0 Å². The Morgan fingerprint density at radius 2 is 1.82 bits per heavy atom. The van der Waals surface area contributed by atoms with E-state index in [1.165, 1.54) is 12.1 Å². The number of furan rings is 1. The molecule has 3 rings (SSSR count). The van der Waals surface area contributed by atoms with Gasteiger partial charge in [0.05, 0.1) is 5.56 Å². The van der Waals surface area contributed by atoms with Crippen LogP contribution in [0.4, 0.5) is 13.2 Å². The number of aliphatic hydroxyl groups excluding tert-OH is 1. The fourth-order valence-corrected chi connectivity index (χ4v) is 2.25. The molecule has 0 spiro atoms. The summed E-state index contributed by atoms with van der Waals surface area (Å²) in [4.78, 5) is 0. The van der Waals surface area contributed by atoms with Gasteiger partial charge in [-0.25, -0.2) is 0 Å². The molecule has 0 bridgehead atoms. The highest BCUT2D eigenvalue weighted by atomic mass is 19.4. The highest BCUT2D eigenvalue weighted by Crippen LogP contribution is 2.40. The molecule has 1 heterocycles. The molecule has 6 heteroatoms. The van der Waals surface area contributed by atoms with Gasteiger partial charge in [0, 0.05) is 10.9 Å². The summed E-state index contributed by atoms with van der Waals surface area (Å²) in [6.07, 6.45) is -4.57. The third-order valence-electron chi connectivity index (χ3n) is 3.22. The van der Waals surface area contributed by atoms with E-state index in [2.05, 4.69) is 0 Å². The summed E-state index contributed by atoms with van der Waals surface area (Å²) in [5.41, 5.74) is -0.437. The highest BCUT2D eigenvalue weighted by Gasteiger charge is 2.35. The fourth-order valence-electron chi connectivity index (χ4n) is 2.25. The van der Waals surface area contributed by atoms with Crippen LogP contribution in [0, 0.1) is 0 Å². The molecular weight excluding hydrogens is 297 g/mol. The van der Waals surface area contributed by atoms with Crippen LogP contribution in [-0.4, -0.2) is 11.9 Å². The van der Waals surface area contributed by atoms with Crippen molar-refractivity contribution in [3.05, 3.63) is 54.1 Å². The molecule has 0 amide bonds. The summed E-state index contributed by atoms with van der Waals surface area (Å²) in [5, 5.41) is 9.40. The van der Waals surface area contributed by atoms with Crippen molar-refractivity contribution < 1.29 is 27.4 Å². The zero-order valence-electron chi connectivity index (χ0n) is 11.2. The average molecular weight is 308 g/mol. The van der Waals surface area contributed by atoms with Crippen molar-refractivity contribution in [2.75, 3.05) is 6.79 Å². The number of para-hydroxylation sites is 1. The Balaban J connectivity index is 2.16. The summed E-state index contributed by atoms with van der Waals surface area (Å²) in [6.45, 7) is -0.693. The SMILES string of the molecule is OCOc1ccc(-c2cc3ccccc3o2)c(C(F)(F)F)c1. The van der Waals surface area contributed by atoms with Crippen molar-refractivity contribution in [1.82, 2.24) is 0 Å². The van der Waals surface area contributed by atoms with E-state index in [1.807, 2.05) is 0 Å². The lowest BCUT2D eigenvalue weighted by Crippen LogP contribution is -2.08. The maximum atomic E-state index is 13.3. The Morgan fingerprint density at radius 1 is 1.05 bits per heavy atom. The van der Waals surface area contributed by atoms with Crippen molar-refractivity contribution in [2.24, 2.45) is 0 Å². The summed E-state index contributed by atoms with van der Waals surface area (Å²) < 4.78 is 50.0. The molecule has 0 unspecified atom stereocenters. The fraction of sp³-hybridized carbons (Fsp3) is 0.125. The average Bonchev–Trinajstić information content (AvgIpc) is 2.90. The second kappa shape index (κ2) is 5.38. The number of benzene rings is 2. The number of alkyl halides is 3. The molecular formula is C16H11F3O3. The molecule has 0 aliphatic carbocycles. The lowest BCUT2D eigenvalue weighted by atomic mass is 10.0. The van der Waals surface area contributed by atoms with Gasteiger partial charge in [0.1, 0.15) is 17.1 Å². The number of ether oxygens (including phenoxy) is 1. The van der Waals surface area contributed by atoms with Crippen LogP contribution in [0.3, 0.4) is 0 Å². The highest BCUT2D eigenvalue weighted by molar-refractivity contribution is 5.83. The standard InChI is InChI=1S/C16H11F3O3/c17-16(18,19)13-8-11(21-9-20)5-6-12(13)15-7-10-3-1-2-4-14(10)22-15/h1-8,20H,9H2. The zero-order chi connectivity index (χ0) is 15.7. The van der Waals surface area contributed by atoms with Crippen LogP contribution in [-0.2, 0) is 6.18 Å². The smallest absolute Gasteiger partial charge is 0.417 e. The first-order valence-electron chi connectivity index (χ1n) is 6.43. The van der Waals surface area contributed by atoms with E-state index in [4.69, 9.17) is 14.3 Å². The quantitative estimate of drug-likeness (QED) is 0.727. The number of hydrogen-bond donors (Lipinski definition) is 1. The van der Waals surface area contributed by atoms with Crippen LogP contribution >= 0.6 is 0 Å². The molecule has 1 N–H and O–H groups in total. The maximum absolute atomic E-state index is 13.3. The van der Waals surface area contributed by atoms with Crippen molar-refractivity contribution in [2.45, 2.75) is 6.18 Å². The topological polar surface area (TPSA) is 42.6 Å². The molecule has 0 radical (unpaired) electrons. The van der Waals surface area contributed by atoms with Crippen molar-refractivity contribution in [3.63, 3.8) is 0 Å². The van der Waals surface area contributed by atoms with Crippen molar-refractivity contribution in [1.29, 1.82) is 0 Å². The van der Waals surface area contributed by atoms with Crippen LogP contribution < -0.4 is 4.74 Å². The van der Waals surface area contributed by atoms with Gasteiger partial charge in [0.25, 0.3) is 0 Å². The van der Waals surface area contributed by atoms with Gasteiger partial charge >= 0.3 is 6.18 Å². The first-order valence-corrected chi connectivity index (χ1v) is 6.43. The monoisotopic (exact) mass is 308 g/mol. The van der Waals surface area contributed by atoms with E-state index >= 15 is 0 Å². The Morgan fingerprint density at radius 3 is 2.50 bits per heavy atom. The third kappa shape index (κ3) is 2.65. The predicted molar refractivity (Wildman–Crippen MR) is 74.4 cm³/mol. The van der Waals surface area contributed by atoms with Crippen molar-refractivity contribution >= 4 is 11.0 Å². The Labute approximate surface area is 123 Å². The van der Waals surface area contributed by atoms with E-state index in [9.17, 15) is 13.2 Å². The summed E-state index contributed by atoms with van der Waals surface area (Å²) in [5.74, 6) is 0.0683. The Bertz CT molecular complexity index is 773. The molecule has 22 heavy (non-hydrogen) atoms. The Kier molecular flexibility index (Phi) is 3.54. The predicted octanol–water partition coefficient (Wildman–Crippen LogP) is 4.45. The molecule has 0 fully saturated rings. The number of fused-ring (bicyclic) bond motifs is 1. The minimum Gasteiger partial charge on any atom is -0.468 e. The summed E-state index contributed by atoms with van der Waals surface area (Å²) >= 11 is 0. The molecule has 1 aromatic heterocycles. The zero-order valence-corrected chi connectivity index (χ0v) is 11.2. The van der Waals surface area contributed by atoms with Gasteiger partial charge in [0.15, 0.2) is 6.79 Å². The van der Waals surface area contributed by atoms with E-state index in [1.54, 1.807) is 30.3 Å². The number of aliphatic hydroxyl groups is 1. The molecule has 0 saturated heterocycles. The van der Waals surface area contributed by atoms with E-state index in [0.29, 0.717) is 5.58 Å². The van der Waals surface area contributed by atoms with Crippen LogP contribution in [0.2, 0.25) is 0 Å². The summed E-state index contributed by atoms with van der Waals surface area (Å²) in [7, 11) is 0. The molecule has 2 aromatic carbocycles. The van der Waals surface area contributed by atoms with Crippen LogP contribution in [0.25, 0.3) is 22.3 Å². The number of rotatable bonds is 3. The normalized spacial score (nSPS) is 11.8. The molecule has 0 saturated carbocycles. The largest absolute Gasteiger partial charge is 0.468 e. The van der Waals surface area contributed by atoms with Crippen molar-refractivity contribution in [3.8, 4) is 17.1 Å². The Hall–Kier alpha value is -2.47. The molecule has 0 aliphatic heterocycles. The van der Waals surface area contributed by atoms with E-state index < -0.39 is 18.5 Å². The molecule has 0 atom stereocenters. The minimum absolute atomic E-state index is 0.0605. The molecule has 3 nitrogen and oxygen atoms in total. The van der Waals surface area contributed by atoms with Crippen LogP contribution in [0.1, 0.15) is 5.56 Å². The maximum Gasteiger partial charge on any atom is 0.417 e. The van der Waals surface area contributed by atoms with Gasteiger partial charge in [-0.05, 0) is 30.3 Å². The van der Waals surface area contributed by atoms with Gasteiger partial charge in [-0.15, -0.1) is 0 Å². The summed E-state index contributed by atoms with van der Waals surface area (Å²) in [6, 6.07) is 12.0. The molecule has 114 valence electrons. The lowest BCUT2D eigenvalue weighted by Gasteiger charge is -2.13. The lowest BCUT2D eigenvalue weighted by molar-refractivity contribution is -0.137. The molecule has 3 aromatic rings. The molecule has 0 aliphatic rings. The van der Waals surface area contributed by atoms with Gasteiger partial charge in [-0.3, -0.25) is 0 Å². The second-order valence-corrected chi connectivity index (χ2v) is 4.63. The number of halogens is 3. The van der Waals surface area contributed by atoms with Gasteiger partial charge in [-0.2, -0.15) is 13.2 Å². The number of hydrogen-bond acceptors (Lipinski definition) is 3. The first kappa shape index (κ1) is 14.5. The first-order chi connectivity index (χ1) is 10.5. The van der Waals surface area contributed by atoms with E-state index in [-0.39, 0.29) is 17.1 Å². The van der Waals surface area contributed by atoms with E-state index in [0.717, 1.165) is 11.5 Å². The van der Waals surface area contributed by atoms with Crippen LogP contribution in [0.15, 0.2) is 52.9 Å². The second-order valence-electron chi connectivity index (χ2n) is 4.63. The van der Waals surface area contributed by atoms with Gasteiger partial charge < -0.3 is 14.3 Å². The minimum atomic E-state index is -4.57. The van der Waals surface area contributed by atoms with Gasteiger partial charge in [-0.1, -0.05) is 18.2 Å². The van der Waals surface area contributed by atoms with Crippen LogP contribution in [0.5, 0.6) is 5.75 Å². The third-order valence-corrected chi connectivity index (χ3v) is 3.22.